The van der Waals surface area contributed by atoms with Crippen molar-refractivity contribution in [2.24, 2.45) is 11.7 Å². The van der Waals surface area contributed by atoms with Crippen molar-refractivity contribution < 1.29 is 5.11 Å². The van der Waals surface area contributed by atoms with E-state index in [9.17, 15) is 5.11 Å². The summed E-state index contributed by atoms with van der Waals surface area (Å²) in [4.78, 5) is 0. The number of benzene rings is 1. The molecule has 2 nitrogen and oxygen atoms in total. The Bertz CT molecular complexity index is 369. The maximum atomic E-state index is 10.2. The fourth-order valence-corrected chi connectivity index (χ4v) is 2.91. The molecular formula is C15H23NO. The van der Waals surface area contributed by atoms with Gasteiger partial charge in [0.25, 0.3) is 0 Å². The molecule has 1 aliphatic rings. The third kappa shape index (κ3) is 2.63. The first-order chi connectivity index (χ1) is 8.24. The Labute approximate surface area is 104 Å². The summed E-state index contributed by atoms with van der Waals surface area (Å²) in [6.45, 7) is 2.06. The SMILES string of the molecule is CCc1cccc([C@H](N)C2CCCCC2)c1O. The number of hydrogen-bond acceptors (Lipinski definition) is 2. The van der Waals surface area contributed by atoms with Crippen LogP contribution in [0.15, 0.2) is 18.2 Å². The normalized spacial score (nSPS) is 19.2. The molecule has 2 heteroatoms. The molecule has 1 saturated carbocycles. The van der Waals surface area contributed by atoms with Gasteiger partial charge in [-0.1, -0.05) is 44.4 Å². The van der Waals surface area contributed by atoms with Crippen molar-refractivity contribution in [2.45, 2.75) is 51.5 Å². The summed E-state index contributed by atoms with van der Waals surface area (Å²) in [6.07, 6.45) is 7.17. The molecule has 0 aliphatic heterocycles. The number of rotatable bonds is 3. The molecular weight excluding hydrogens is 210 g/mol. The minimum Gasteiger partial charge on any atom is -0.507 e. The topological polar surface area (TPSA) is 46.2 Å². The van der Waals surface area contributed by atoms with Gasteiger partial charge in [-0.3, -0.25) is 0 Å². The molecule has 1 aromatic rings. The van der Waals surface area contributed by atoms with Crippen molar-refractivity contribution in [1.82, 2.24) is 0 Å². The molecule has 2 rings (SSSR count). The number of phenols is 1. The number of aromatic hydroxyl groups is 1. The van der Waals surface area contributed by atoms with Gasteiger partial charge in [0.2, 0.25) is 0 Å². The van der Waals surface area contributed by atoms with Crippen LogP contribution >= 0.6 is 0 Å². The van der Waals surface area contributed by atoms with Crippen LogP contribution in [0, 0.1) is 5.92 Å². The van der Waals surface area contributed by atoms with Crippen molar-refractivity contribution in [2.75, 3.05) is 0 Å². The van der Waals surface area contributed by atoms with Gasteiger partial charge in [-0.2, -0.15) is 0 Å². The van der Waals surface area contributed by atoms with Gasteiger partial charge in [-0.25, -0.2) is 0 Å². The third-order valence-corrected chi connectivity index (χ3v) is 4.05. The van der Waals surface area contributed by atoms with Crippen LogP contribution in [0.2, 0.25) is 0 Å². The molecule has 0 unspecified atom stereocenters. The summed E-state index contributed by atoms with van der Waals surface area (Å²) in [7, 11) is 0. The Morgan fingerprint density at radius 3 is 2.65 bits per heavy atom. The van der Waals surface area contributed by atoms with Crippen molar-refractivity contribution in [3.8, 4) is 5.75 Å². The Hall–Kier alpha value is -1.02. The van der Waals surface area contributed by atoms with Crippen LogP contribution in [0.3, 0.4) is 0 Å². The zero-order valence-corrected chi connectivity index (χ0v) is 10.7. The van der Waals surface area contributed by atoms with Crippen LogP contribution in [-0.4, -0.2) is 5.11 Å². The highest BCUT2D eigenvalue weighted by Crippen LogP contribution is 2.37. The highest BCUT2D eigenvalue weighted by Gasteiger charge is 2.24. The van der Waals surface area contributed by atoms with Gasteiger partial charge < -0.3 is 10.8 Å². The van der Waals surface area contributed by atoms with Gasteiger partial charge in [0.05, 0.1) is 0 Å². The van der Waals surface area contributed by atoms with E-state index in [4.69, 9.17) is 5.73 Å². The van der Waals surface area contributed by atoms with Gasteiger partial charge >= 0.3 is 0 Å². The Morgan fingerprint density at radius 1 is 1.29 bits per heavy atom. The standard InChI is InChI=1S/C15H23NO/c1-2-11-9-6-10-13(15(11)17)14(16)12-7-4-3-5-8-12/h6,9-10,12,14,17H,2-5,7-8,16H2,1H3/t14-/m1/s1. The first-order valence-corrected chi connectivity index (χ1v) is 6.80. The summed E-state index contributed by atoms with van der Waals surface area (Å²) >= 11 is 0. The second kappa shape index (κ2) is 5.54. The molecule has 1 atom stereocenters. The first-order valence-electron chi connectivity index (χ1n) is 6.80. The van der Waals surface area contributed by atoms with Crippen LogP contribution in [0.4, 0.5) is 0 Å². The average Bonchev–Trinajstić information content (AvgIpc) is 2.39. The lowest BCUT2D eigenvalue weighted by Gasteiger charge is -2.28. The molecule has 0 amide bonds. The molecule has 1 fully saturated rings. The summed E-state index contributed by atoms with van der Waals surface area (Å²) in [5, 5.41) is 10.2. The van der Waals surface area contributed by atoms with Crippen LogP contribution < -0.4 is 5.73 Å². The molecule has 0 saturated heterocycles. The minimum atomic E-state index is 0.00167. The molecule has 17 heavy (non-hydrogen) atoms. The Kier molecular flexibility index (Phi) is 4.06. The second-order valence-corrected chi connectivity index (χ2v) is 5.13. The predicted octanol–water partition coefficient (Wildman–Crippen LogP) is 3.53. The summed E-state index contributed by atoms with van der Waals surface area (Å²) in [5.74, 6) is 0.967. The lowest BCUT2D eigenvalue weighted by molar-refractivity contribution is 0.302. The number of phenolic OH excluding ortho intramolecular Hbond substituents is 1. The molecule has 0 spiro atoms. The molecule has 3 N–H and O–H groups in total. The average molecular weight is 233 g/mol. The largest absolute Gasteiger partial charge is 0.507 e. The van der Waals surface area contributed by atoms with Crippen LogP contribution in [0.1, 0.15) is 56.2 Å². The smallest absolute Gasteiger partial charge is 0.123 e. The number of nitrogens with two attached hydrogens (primary N) is 1. The monoisotopic (exact) mass is 233 g/mol. The van der Waals surface area contributed by atoms with Crippen molar-refractivity contribution in [3.05, 3.63) is 29.3 Å². The third-order valence-electron chi connectivity index (χ3n) is 4.05. The van der Waals surface area contributed by atoms with E-state index in [0.29, 0.717) is 11.7 Å². The van der Waals surface area contributed by atoms with Gasteiger partial charge in [-0.15, -0.1) is 0 Å². The molecule has 0 aromatic heterocycles. The molecule has 0 radical (unpaired) electrons. The van der Waals surface area contributed by atoms with E-state index in [1.165, 1.54) is 32.1 Å². The van der Waals surface area contributed by atoms with E-state index in [0.717, 1.165) is 17.5 Å². The molecule has 0 bridgehead atoms. The second-order valence-electron chi connectivity index (χ2n) is 5.13. The lowest BCUT2D eigenvalue weighted by atomic mass is 9.81. The molecule has 1 aliphatic carbocycles. The summed E-state index contributed by atoms with van der Waals surface area (Å²) in [5.41, 5.74) is 8.28. The minimum absolute atomic E-state index is 0.00167. The number of hydrogen-bond donors (Lipinski definition) is 2. The highest BCUT2D eigenvalue weighted by molar-refractivity contribution is 5.42. The molecule has 94 valence electrons. The van der Waals surface area contributed by atoms with E-state index in [2.05, 4.69) is 6.92 Å². The van der Waals surface area contributed by atoms with E-state index in [1.54, 1.807) is 0 Å². The fraction of sp³-hybridized carbons (Fsp3) is 0.600. The van der Waals surface area contributed by atoms with Gasteiger partial charge in [0.1, 0.15) is 5.75 Å². The summed E-state index contributed by atoms with van der Waals surface area (Å²) < 4.78 is 0. The summed E-state index contributed by atoms with van der Waals surface area (Å²) in [6, 6.07) is 5.97. The van der Waals surface area contributed by atoms with E-state index < -0.39 is 0 Å². The number of aryl methyl sites for hydroxylation is 1. The van der Waals surface area contributed by atoms with Crippen molar-refractivity contribution in [3.63, 3.8) is 0 Å². The van der Waals surface area contributed by atoms with Crippen LogP contribution in [0.25, 0.3) is 0 Å². The van der Waals surface area contributed by atoms with E-state index >= 15 is 0 Å². The predicted molar refractivity (Wildman–Crippen MR) is 71.0 cm³/mol. The van der Waals surface area contributed by atoms with Crippen LogP contribution in [-0.2, 0) is 6.42 Å². The molecule has 0 heterocycles. The maximum Gasteiger partial charge on any atom is 0.123 e. The zero-order chi connectivity index (χ0) is 12.3. The molecule has 1 aromatic carbocycles. The first kappa shape index (κ1) is 12.4. The maximum absolute atomic E-state index is 10.2. The Morgan fingerprint density at radius 2 is 2.00 bits per heavy atom. The van der Waals surface area contributed by atoms with Gasteiger partial charge in [0, 0.05) is 11.6 Å². The van der Waals surface area contributed by atoms with E-state index in [1.807, 2.05) is 18.2 Å². The quantitative estimate of drug-likeness (QED) is 0.839. The zero-order valence-electron chi connectivity index (χ0n) is 10.7. The van der Waals surface area contributed by atoms with Crippen molar-refractivity contribution in [1.29, 1.82) is 0 Å². The van der Waals surface area contributed by atoms with Gasteiger partial charge in [0.15, 0.2) is 0 Å². The van der Waals surface area contributed by atoms with E-state index in [-0.39, 0.29) is 6.04 Å². The fourth-order valence-electron chi connectivity index (χ4n) is 2.91. The Balaban J connectivity index is 2.20. The van der Waals surface area contributed by atoms with Crippen molar-refractivity contribution >= 4 is 0 Å². The van der Waals surface area contributed by atoms with Gasteiger partial charge in [-0.05, 0) is 30.7 Å². The van der Waals surface area contributed by atoms with Crippen LogP contribution in [0.5, 0.6) is 5.75 Å². The highest BCUT2D eigenvalue weighted by atomic mass is 16.3. The lowest BCUT2D eigenvalue weighted by Crippen LogP contribution is -2.23. The number of para-hydroxylation sites is 1.